The summed E-state index contributed by atoms with van der Waals surface area (Å²) >= 11 is 0. The van der Waals surface area contributed by atoms with Gasteiger partial charge in [-0.2, -0.15) is 5.10 Å². The molecule has 0 unspecified atom stereocenters. The maximum atomic E-state index is 11.6. The van der Waals surface area contributed by atoms with Gasteiger partial charge in [0.25, 0.3) is 5.91 Å². The molecular formula is C13H16N2O2. The van der Waals surface area contributed by atoms with Gasteiger partial charge in [0.1, 0.15) is 5.75 Å². The first-order valence-corrected chi connectivity index (χ1v) is 5.45. The largest absolute Gasteiger partial charge is 0.494 e. The molecular weight excluding hydrogens is 216 g/mol. The molecule has 0 bridgehead atoms. The highest BCUT2D eigenvalue weighted by Crippen LogP contribution is 2.11. The number of carbonyl (C=O) groups excluding carboxylic acids is 1. The van der Waals surface area contributed by atoms with Gasteiger partial charge in [0.05, 0.1) is 6.61 Å². The molecule has 0 fully saturated rings. The van der Waals surface area contributed by atoms with Crippen LogP contribution in [-0.2, 0) is 0 Å². The van der Waals surface area contributed by atoms with Gasteiger partial charge in [0.2, 0.25) is 0 Å². The fourth-order valence-corrected chi connectivity index (χ4v) is 1.16. The topological polar surface area (TPSA) is 50.7 Å². The van der Waals surface area contributed by atoms with Gasteiger partial charge in [-0.25, -0.2) is 5.43 Å². The van der Waals surface area contributed by atoms with E-state index >= 15 is 0 Å². The van der Waals surface area contributed by atoms with Crippen molar-refractivity contribution in [1.82, 2.24) is 5.43 Å². The number of amides is 1. The first kappa shape index (κ1) is 13.0. The van der Waals surface area contributed by atoms with Crippen molar-refractivity contribution in [3.63, 3.8) is 0 Å². The normalized spacial score (nSPS) is 10.9. The number of rotatable bonds is 5. The van der Waals surface area contributed by atoms with Gasteiger partial charge >= 0.3 is 0 Å². The Kier molecular flexibility index (Phi) is 5.51. The highest BCUT2D eigenvalue weighted by atomic mass is 16.5. The molecule has 0 atom stereocenters. The van der Waals surface area contributed by atoms with Crippen molar-refractivity contribution in [3.05, 3.63) is 42.0 Å². The van der Waals surface area contributed by atoms with Crippen LogP contribution < -0.4 is 10.2 Å². The van der Waals surface area contributed by atoms with E-state index in [0.717, 1.165) is 5.75 Å². The molecule has 0 aromatic heterocycles. The minimum Gasteiger partial charge on any atom is -0.494 e. The van der Waals surface area contributed by atoms with Crippen LogP contribution in [-0.4, -0.2) is 18.7 Å². The van der Waals surface area contributed by atoms with E-state index in [4.69, 9.17) is 4.74 Å². The number of nitrogens with zero attached hydrogens (tertiary/aromatic N) is 1. The fraction of sp³-hybridized carbons (Fsp3) is 0.231. The number of hydrogen-bond donors (Lipinski definition) is 1. The molecule has 0 heterocycles. The first-order valence-electron chi connectivity index (χ1n) is 5.45. The molecule has 4 nitrogen and oxygen atoms in total. The molecule has 17 heavy (non-hydrogen) atoms. The number of ether oxygens (including phenoxy) is 1. The van der Waals surface area contributed by atoms with Crippen LogP contribution in [0.3, 0.4) is 0 Å². The van der Waals surface area contributed by atoms with Gasteiger partial charge in [0.15, 0.2) is 0 Å². The van der Waals surface area contributed by atoms with Gasteiger partial charge in [-0.05, 0) is 44.2 Å². The number of nitrogens with one attached hydrogen (secondary N) is 1. The minimum absolute atomic E-state index is 0.242. The molecule has 4 heteroatoms. The SMILES string of the molecule is C/C=C/C=N/NC(=O)c1ccc(OCC)cc1. The summed E-state index contributed by atoms with van der Waals surface area (Å²) in [6.07, 6.45) is 5.08. The van der Waals surface area contributed by atoms with Crippen LogP contribution in [0.25, 0.3) is 0 Å². The number of hydrogen-bond acceptors (Lipinski definition) is 3. The number of allylic oxidation sites excluding steroid dienone is 2. The van der Waals surface area contributed by atoms with Gasteiger partial charge < -0.3 is 4.74 Å². The highest BCUT2D eigenvalue weighted by Gasteiger charge is 2.03. The van der Waals surface area contributed by atoms with Crippen molar-refractivity contribution in [2.75, 3.05) is 6.61 Å². The lowest BCUT2D eigenvalue weighted by Crippen LogP contribution is -2.17. The zero-order valence-corrected chi connectivity index (χ0v) is 10.0. The summed E-state index contributed by atoms with van der Waals surface area (Å²) in [4.78, 5) is 11.6. The fourth-order valence-electron chi connectivity index (χ4n) is 1.16. The first-order chi connectivity index (χ1) is 8.27. The van der Waals surface area contributed by atoms with Crippen LogP contribution in [0.4, 0.5) is 0 Å². The Balaban J connectivity index is 2.57. The van der Waals surface area contributed by atoms with E-state index in [9.17, 15) is 4.79 Å². The van der Waals surface area contributed by atoms with Crippen LogP contribution in [0.5, 0.6) is 5.75 Å². The van der Waals surface area contributed by atoms with E-state index in [1.165, 1.54) is 6.21 Å². The Morgan fingerprint density at radius 2 is 2.12 bits per heavy atom. The van der Waals surface area contributed by atoms with Crippen LogP contribution in [0.2, 0.25) is 0 Å². The maximum absolute atomic E-state index is 11.6. The number of carbonyl (C=O) groups is 1. The Bertz CT molecular complexity index is 408. The van der Waals surface area contributed by atoms with Crippen molar-refractivity contribution in [2.24, 2.45) is 5.10 Å². The average molecular weight is 232 g/mol. The molecule has 0 aliphatic carbocycles. The monoisotopic (exact) mass is 232 g/mol. The lowest BCUT2D eigenvalue weighted by atomic mass is 10.2. The average Bonchev–Trinajstić information content (AvgIpc) is 2.36. The second-order valence-corrected chi connectivity index (χ2v) is 3.20. The van der Waals surface area contributed by atoms with Crippen molar-refractivity contribution in [3.8, 4) is 5.75 Å². The molecule has 1 amide bonds. The van der Waals surface area contributed by atoms with E-state index in [1.54, 1.807) is 30.3 Å². The zero-order valence-electron chi connectivity index (χ0n) is 10.0. The van der Waals surface area contributed by atoms with E-state index in [2.05, 4.69) is 10.5 Å². The third-order valence-corrected chi connectivity index (χ3v) is 1.95. The lowest BCUT2D eigenvalue weighted by Gasteiger charge is -2.03. The molecule has 0 saturated carbocycles. The maximum Gasteiger partial charge on any atom is 0.271 e. The van der Waals surface area contributed by atoms with E-state index in [1.807, 2.05) is 19.9 Å². The standard InChI is InChI=1S/C13H16N2O2/c1-3-5-10-14-15-13(16)11-6-8-12(9-7-11)17-4-2/h3,5-10H,4H2,1-2H3,(H,15,16)/b5-3+,14-10+. The quantitative estimate of drug-likeness (QED) is 0.626. The summed E-state index contributed by atoms with van der Waals surface area (Å²) in [5, 5.41) is 3.75. The Morgan fingerprint density at radius 1 is 1.41 bits per heavy atom. The lowest BCUT2D eigenvalue weighted by molar-refractivity contribution is 0.0955. The van der Waals surface area contributed by atoms with Crippen molar-refractivity contribution < 1.29 is 9.53 Å². The molecule has 0 aliphatic heterocycles. The molecule has 90 valence electrons. The number of benzene rings is 1. The molecule has 1 N–H and O–H groups in total. The summed E-state index contributed by atoms with van der Waals surface area (Å²) in [7, 11) is 0. The van der Waals surface area contributed by atoms with Crippen molar-refractivity contribution >= 4 is 12.1 Å². The third-order valence-electron chi connectivity index (χ3n) is 1.95. The zero-order chi connectivity index (χ0) is 12.5. The summed E-state index contributed by atoms with van der Waals surface area (Å²) in [5.74, 6) is 0.510. The Hall–Kier alpha value is -2.10. The highest BCUT2D eigenvalue weighted by molar-refractivity contribution is 5.94. The summed E-state index contributed by atoms with van der Waals surface area (Å²) in [6.45, 7) is 4.40. The van der Waals surface area contributed by atoms with Gasteiger partial charge in [-0.15, -0.1) is 0 Å². The molecule has 1 aromatic rings. The molecule has 0 aliphatic rings. The Labute approximate surface area is 101 Å². The van der Waals surface area contributed by atoms with Gasteiger partial charge in [-0.1, -0.05) is 6.08 Å². The summed E-state index contributed by atoms with van der Waals surface area (Å²) in [6, 6.07) is 6.92. The van der Waals surface area contributed by atoms with Crippen LogP contribution in [0.1, 0.15) is 24.2 Å². The molecule has 0 radical (unpaired) electrons. The molecule has 0 saturated heterocycles. The third kappa shape index (κ3) is 4.51. The second-order valence-electron chi connectivity index (χ2n) is 3.20. The van der Waals surface area contributed by atoms with Crippen molar-refractivity contribution in [2.45, 2.75) is 13.8 Å². The van der Waals surface area contributed by atoms with Crippen LogP contribution >= 0.6 is 0 Å². The predicted octanol–water partition coefficient (Wildman–Crippen LogP) is 2.38. The molecule has 1 aromatic carbocycles. The van der Waals surface area contributed by atoms with Crippen LogP contribution in [0.15, 0.2) is 41.5 Å². The Morgan fingerprint density at radius 3 is 2.71 bits per heavy atom. The smallest absolute Gasteiger partial charge is 0.271 e. The van der Waals surface area contributed by atoms with E-state index in [0.29, 0.717) is 12.2 Å². The van der Waals surface area contributed by atoms with E-state index in [-0.39, 0.29) is 5.91 Å². The number of hydrazone groups is 1. The van der Waals surface area contributed by atoms with Gasteiger partial charge in [-0.3, -0.25) is 4.79 Å². The summed E-state index contributed by atoms with van der Waals surface area (Å²) in [5.41, 5.74) is 2.97. The summed E-state index contributed by atoms with van der Waals surface area (Å²) < 4.78 is 5.28. The predicted molar refractivity (Wildman–Crippen MR) is 68.4 cm³/mol. The van der Waals surface area contributed by atoms with Gasteiger partial charge in [0, 0.05) is 11.8 Å². The van der Waals surface area contributed by atoms with Crippen LogP contribution in [0, 0.1) is 0 Å². The molecule has 0 spiro atoms. The van der Waals surface area contributed by atoms with Crippen molar-refractivity contribution in [1.29, 1.82) is 0 Å². The van der Waals surface area contributed by atoms with E-state index < -0.39 is 0 Å². The second kappa shape index (κ2) is 7.22. The minimum atomic E-state index is -0.242. The molecule has 1 rings (SSSR count).